The van der Waals surface area contributed by atoms with Gasteiger partial charge in [0.2, 0.25) is 0 Å². The van der Waals surface area contributed by atoms with E-state index in [4.69, 9.17) is 0 Å². The number of Topliss-reactive ketones (excluding diaryl/α,β-unsaturated/α-hetero) is 1. The summed E-state index contributed by atoms with van der Waals surface area (Å²) >= 11 is 3.72. The Morgan fingerprint density at radius 2 is 1.77 bits per heavy atom. The third-order valence-corrected chi connectivity index (χ3v) is 12.6. The van der Waals surface area contributed by atoms with Crippen molar-refractivity contribution >= 4 is 29.3 Å². The highest BCUT2D eigenvalue weighted by molar-refractivity contribution is 8.24. The first-order valence-electron chi connectivity index (χ1n) is 12.1. The predicted octanol–water partition coefficient (Wildman–Crippen LogP) is 8.02. The molecule has 4 saturated carbocycles. The third kappa shape index (κ3) is 2.73. The van der Waals surface area contributed by atoms with Crippen LogP contribution < -0.4 is 0 Å². The van der Waals surface area contributed by atoms with E-state index in [1.807, 2.05) is 23.5 Å². The van der Waals surface area contributed by atoms with Crippen molar-refractivity contribution in [2.24, 2.45) is 34.5 Å². The number of thioether (sulfide) groups is 2. The Hall–Kier alpha value is -0.670. The number of hydrogen-bond acceptors (Lipinski definition) is 3. The Labute approximate surface area is 190 Å². The molecule has 1 aromatic carbocycles. The van der Waals surface area contributed by atoms with Crippen molar-refractivity contribution in [3.05, 3.63) is 33.6 Å². The second-order valence-corrected chi connectivity index (χ2v) is 13.7. The van der Waals surface area contributed by atoms with Gasteiger partial charge in [-0.3, -0.25) is 4.79 Å². The van der Waals surface area contributed by atoms with E-state index >= 15 is 0 Å². The summed E-state index contributed by atoms with van der Waals surface area (Å²) in [5.74, 6) is 3.66. The average Bonchev–Trinajstić information content (AvgIpc) is 3.25. The maximum atomic E-state index is 13.8. The molecule has 1 aromatic rings. The van der Waals surface area contributed by atoms with Gasteiger partial charge in [0.1, 0.15) is 0 Å². The lowest BCUT2D eigenvalue weighted by Crippen LogP contribution is -2.52. The molecule has 4 fully saturated rings. The fraction of sp³-hybridized carbons (Fsp3) is 0.667. The van der Waals surface area contributed by atoms with Crippen LogP contribution in [0.4, 0.5) is 0 Å². The highest BCUT2D eigenvalue weighted by Gasteiger charge is 2.61. The van der Waals surface area contributed by atoms with E-state index in [2.05, 4.69) is 39.0 Å². The van der Waals surface area contributed by atoms with Crippen molar-refractivity contribution in [1.82, 2.24) is 0 Å². The number of allylic oxidation sites excluding steroid dienone is 1. The number of fused-ring (bicyclic) bond motifs is 6. The SMILES string of the molecule is Cc1ccc2c(c1)SC(=C1CC3C4CCC5CCCCC5(C)C4CCC3(C)C1=O)S2. The topological polar surface area (TPSA) is 17.1 Å². The number of hydrogen-bond donors (Lipinski definition) is 0. The zero-order chi connectivity index (χ0) is 20.7. The molecule has 0 amide bonds. The Balaban J connectivity index is 1.33. The van der Waals surface area contributed by atoms with E-state index in [1.165, 1.54) is 70.1 Å². The Bertz CT molecular complexity index is 948. The molecule has 0 aromatic heterocycles. The summed E-state index contributed by atoms with van der Waals surface area (Å²) in [7, 11) is 0. The number of aryl methyl sites for hydroxylation is 1. The zero-order valence-corrected chi connectivity index (χ0v) is 20.3. The third-order valence-electron chi connectivity index (χ3n) is 9.94. The van der Waals surface area contributed by atoms with Gasteiger partial charge in [-0.05, 0) is 98.7 Å². The summed E-state index contributed by atoms with van der Waals surface area (Å²) < 4.78 is 1.30. The molecule has 4 aliphatic carbocycles. The van der Waals surface area contributed by atoms with E-state index in [9.17, 15) is 4.79 Å². The molecular formula is C27H34OS2. The van der Waals surface area contributed by atoms with Gasteiger partial charge in [-0.25, -0.2) is 0 Å². The van der Waals surface area contributed by atoms with Gasteiger partial charge < -0.3 is 0 Å². The van der Waals surface area contributed by atoms with E-state index in [0.717, 1.165) is 30.6 Å². The molecular weight excluding hydrogens is 404 g/mol. The second-order valence-electron chi connectivity index (χ2n) is 11.3. The molecule has 0 saturated heterocycles. The maximum Gasteiger partial charge on any atom is 0.166 e. The van der Waals surface area contributed by atoms with Crippen molar-refractivity contribution in [2.75, 3.05) is 0 Å². The van der Waals surface area contributed by atoms with Crippen LogP contribution in [-0.2, 0) is 4.79 Å². The Kier molecular flexibility index (Phi) is 4.60. The first kappa shape index (κ1) is 20.0. The minimum absolute atomic E-state index is 0.104. The lowest BCUT2D eigenvalue weighted by atomic mass is 9.45. The van der Waals surface area contributed by atoms with Gasteiger partial charge in [-0.1, -0.05) is 56.3 Å². The average molecular weight is 439 g/mol. The second kappa shape index (κ2) is 6.91. The molecule has 1 heterocycles. The molecule has 6 rings (SSSR count). The molecule has 1 nitrogen and oxygen atoms in total. The summed E-state index contributed by atoms with van der Waals surface area (Å²) in [5, 5.41) is 0. The molecule has 0 N–H and O–H groups in total. The zero-order valence-electron chi connectivity index (χ0n) is 18.6. The van der Waals surface area contributed by atoms with Crippen LogP contribution in [0.15, 0.2) is 37.8 Å². The van der Waals surface area contributed by atoms with Crippen LogP contribution in [0.1, 0.15) is 77.2 Å². The minimum Gasteiger partial charge on any atom is -0.294 e. The molecule has 30 heavy (non-hydrogen) atoms. The largest absolute Gasteiger partial charge is 0.294 e. The summed E-state index contributed by atoms with van der Waals surface area (Å²) in [6, 6.07) is 6.73. The van der Waals surface area contributed by atoms with Crippen LogP contribution in [0.25, 0.3) is 0 Å². The summed E-state index contributed by atoms with van der Waals surface area (Å²) in [4.78, 5) is 16.5. The Morgan fingerprint density at radius 1 is 0.933 bits per heavy atom. The number of benzene rings is 1. The fourth-order valence-electron chi connectivity index (χ4n) is 8.23. The number of ketones is 1. The summed E-state index contributed by atoms with van der Waals surface area (Å²) in [6.07, 6.45) is 12.0. The molecule has 160 valence electrons. The first-order chi connectivity index (χ1) is 14.4. The normalized spacial score (nSPS) is 45.0. The van der Waals surface area contributed by atoms with Crippen molar-refractivity contribution in [3.63, 3.8) is 0 Å². The maximum absolute atomic E-state index is 13.8. The quantitative estimate of drug-likeness (QED) is 0.382. The molecule has 0 spiro atoms. The molecule has 6 atom stereocenters. The van der Waals surface area contributed by atoms with Gasteiger partial charge in [0, 0.05) is 20.8 Å². The van der Waals surface area contributed by atoms with Crippen molar-refractivity contribution < 1.29 is 4.79 Å². The number of carbonyl (C=O) groups excluding carboxylic acids is 1. The van der Waals surface area contributed by atoms with Gasteiger partial charge in [0.15, 0.2) is 5.78 Å². The molecule has 1 aliphatic heterocycles. The van der Waals surface area contributed by atoms with Crippen LogP contribution in [-0.4, -0.2) is 5.78 Å². The lowest BCUT2D eigenvalue weighted by molar-refractivity contribution is -0.137. The molecule has 6 unspecified atom stereocenters. The molecule has 0 radical (unpaired) electrons. The smallest absolute Gasteiger partial charge is 0.166 e. The monoisotopic (exact) mass is 438 g/mol. The lowest BCUT2D eigenvalue weighted by Gasteiger charge is -2.59. The first-order valence-corrected chi connectivity index (χ1v) is 13.8. The van der Waals surface area contributed by atoms with E-state index < -0.39 is 0 Å². The predicted molar refractivity (Wildman–Crippen MR) is 127 cm³/mol. The minimum atomic E-state index is -0.104. The van der Waals surface area contributed by atoms with Gasteiger partial charge in [-0.2, -0.15) is 0 Å². The van der Waals surface area contributed by atoms with Crippen LogP contribution in [0, 0.1) is 41.4 Å². The number of rotatable bonds is 0. The van der Waals surface area contributed by atoms with Crippen LogP contribution >= 0.6 is 23.5 Å². The highest BCUT2D eigenvalue weighted by Crippen LogP contribution is 2.67. The molecule has 3 heteroatoms. The van der Waals surface area contributed by atoms with E-state index in [0.29, 0.717) is 17.1 Å². The number of carbonyl (C=O) groups is 1. The van der Waals surface area contributed by atoms with E-state index in [1.54, 1.807) is 0 Å². The van der Waals surface area contributed by atoms with Crippen LogP contribution in [0.2, 0.25) is 0 Å². The standard InChI is InChI=1S/C27H34OS2/c1-16-7-10-22-23(14-16)30-25(29-22)19-15-21-18-9-8-17-6-4-5-12-26(17,2)20(18)11-13-27(21,3)24(19)28/h7,10,14,17-18,20-21H,4-6,8-9,11-13,15H2,1-3H3. The summed E-state index contributed by atoms with van der Waals surface area (Å²) in [5.41, 5.74) is 2.94. The van der Waals surface area contributed by atoms with Gasteiger partial charge in [0.25, 0.3) is 0 Å². The van der Waals surface area contributed by atoms with Gasteiger partial charge in [-0.15, -0.1) is 0 Å². The van der Waals surface area contributed by atoms with Crippen molar-refractivity contribution in [2.45, 2.75) is 88.3 Å². The Morgan fingerprint density at radius 3 is 2.63 bits per heavy atom. The summed E-state index contributed by atoms with van der Waals surface area (Å²) in [6.45, 7) is 7.13. The molecule has 5 aliphatic rings. The van der Waals surface area contributed by atoms with Crippen molar-refractivity contribution in [3.8, 4) is 0 Å². The molecule has 0 bridgehead atoms. The van der Waals surface area contributed by atoms with Gasteiger partial charge in [0.05, 0.1) is 4.24 Å². The van der Waals surface area contributed by atoms with Crippen molar-refractivity contribution in [1.29, 1.82) is 0 Å². The highest BCUT2D eigenvalue weighted by atomic mass is 32.2. The van der Waals surface area contributed by atoms with Gasteiger partial charge >= 0.3 is 0 Å². The van der Waals surface area contributed by atoms with E-state index in [-0.39, 0.29) is 5.41 Å². The fourth-order valence-corrected chi connectivity index (χ4v) is 10.9. The van der Waals surface area contributed by atoms with Crippen LogP contribution in [0.3, 0.4) is 0 Å². The van der Waals surface area contributed by atoms with Crippen LogP contribution in [0.5, 0.6) is 0 Å².